The Labute approximate surface area is 117 Å². The van der Waals surface area contributed by atoms with Gasteiger partial charge in [-0.1, -0.05) is 6.07 Å². The number of sulfonamides is 1. The van der Waals surface area contributed by atoms with Crippen molar-refractivity contribution in [1.29, 1.82) is 0 Å². The Balaban J connectivity index is 2.01. The third-order valence-electron chi connectivity index (χ3n) is 2.68. The predicted molar refractivity (Wildman–Crippen MR) is 74.2 cm³/mol. The molecule has 2 rings (SSSR count). The first kappa shape index (κ1) is 14.6. The Kier molecular flexibility index (Phi) is 4.83. The SMILES string of the molecule is NCCCn1cc(S(=O)(=O)NCc2ccccn2)cn1. The highest BCUT2D eigenvalue weighted by atomic mass is 32.2. The lowest BCUT2D eigenvalue weighted by molar-refractivity contribution is 0.575. The largest absolute Gasteiger partial charge is 0.330 e. The average molecular weight is 295 g/mol. The van der Waals surface area contributed by atoms with Crippen molar-refractivity contribution in [2.75, 3.05) is 6.54 Å². The van der Waals surface area contributed by atoms with Crippen molar-refractivity contribution >= 4 is 10.0 Å². The summed E-state index contributed by atoms with van der Waals surface area (Å²) in [6, 6.07) is 5.34. The van der Waals surface area contributed by atoms with Crippen LogP contribution in [0.4, 0.5) is 0 Å². The summed E-state index contributed by atoms with van der Waals surface area (Å²) in [6.07, 6.45) is 5.20. The molecule has 20 heavy (non-hydrogen) atoms. The van der Waals surface area contributed by atoms with Crippen molar-refractivity contribution in [2.45, 2.75) is 24.4 Å². The molecule has 0 unspecified atom stereocenters. The second-order valence-electron chi connectivity index (χ2n) is 4.23. The minimum atomic E-state index is -3.57. The van der Waals surface area contributed by atoms with E-state index in [1.54, 1.807) is 23.0 Å². The highest BCUT2D eigenvalue weighted by Crippen LogP contribution is 2.08. The van der Waals surface area contributed by atoms with E-state index in [0.29, 0.717) is 18.8 Å². The van der Waals surface area contributed by atoms with Crippen LogP contribution in [0, 0.1) is 0 Å². The first-order valence-electron chi connectivity index (χ1n) is 6.24. The maximum Gasteiger partial charge on any atom is 0.244 e. The summed E-state index contributed by atoms with van der Waals surface area (Å²) in [5.41, 5.74) is 6.06. The van der Waals surface area contributed by atoms with Gasteiger partial charge in [-0.25, -0.2) is 13.1 Å². The molecule has 7 nitrogen and oxygen atoms in total. The normalized spacial score (nSPS) is 11.7. The molecular weight excluding hydrogens is 278 g/mol. The molecule has 2 aromatic heterocycles. The number of rotatable bonds is 7. The lowest BCUT2D eigenvalue weighted by Gasteiger charge is -2.03. The van der Waals surface area contributed by atoms with E-state index in [9.17, 15) is 8.42 Å². The molecule has 0 aromatic carbocycles. The monoisotopic (exact) mass is 295 g/mol. The van der Waals surface area contributed by atoms with Crippen LogP contribution in [0.5, 0.6) is 0 Å². The van der Waals surface area contributed by atoms with Crippen molar-refractivity contribution < 1.29 is 8.42 Å². The summed E-state index contributed by atoms with van der Waals surface area (Å²) < 4.78 is 28.2. The van der Waals surface area contributed by atoms with E-state index in [1.807, 2.05) is 6.07 Å². The zero-order valence-electron chi connectivity index (χ0n) is 10.9. The molecule has 0 aliphatic rings. The number of pyridine rings is 1. The Morgan fingerprint density at radius 2 is 2.20 bits per heavy atom. The standard InChI is InChI=1S/C12H17N5O2S/c13-5-3-7-17-10-12(9-15-17)20(18,19)16-8-11-4-1-2-6-14-11/h1-2,4,6,9-10,16H,3,5,7-8,13H2. The number of aryl methyl sites for hydroxylation is 1. The third-order valence-corrected chi connectivity index (χ3v) is 4.04. The molecule has 0 atom stereocenters. The number of aromatic nitrogens is 3. The fourth-order valence-corrected chi connectivity index (χ4v) is 2.56. The van der Waals surface area contributed by atoms with Gasteiger partial charge in [0.1, 0.15) is 4.90 Å². The lowest BCUT2D eigenvalue weighted by Crippen LogP contribution is -2.23. The summed E-state index contributed by atoms with van der Waals surface area (Å²) in [4.78, 5) is 4.20. The summed E-state index contributed by atoms with van der Waals surface area (Å²) in [7, 11) is -3.57. The lowest BCUT2D eigenvalue weighted by atomic mass is 10.4. The topological polar surface area (TPSA) is 103 Å². The Morgan fingerprint density at radius 3 is 2.90 bits per heavy atom. The molecule has 0 saturated heterocycles. The fraction of sp³-hybridized carbons (Fsp3) is 0.333. The second-order valence-corrected chi connectivity index (χ2v) is 5.99. The number of hydrogen-bond donors (Lipinski definition) is 2. The molecule has 2 aromatic rings. The van der Waals surface area contributed by atoms with E-state index < -0.39 is 10.0 Å². The van der Waals surface area contributed by atoms with E-state index in [1.165, 1.54) is 12.4 Å². The van der Waals surface area contributed by atoms with Gasteiger partial charge in [0.15, 0.2) is 0 Å². The molecule has 8 heteroatoms. The zero-order valence-corrected chi connectivity index (χ0v) is 11.8. The summed E-state index contributed by atoms with van der Waals surface area (Å²) in [5, 5.41) is 4.00. The van der Waals surface area contributed by atoms with Crippen molar-refractivity contribution in [2.24, 2.45) is 5.73 Å². The molecule has 0 saturated carbocycles. The van der Waals surface area contributed by atoms with Crippen LogP contribution in [-0.4, -0.2) is 29.7 Å². The van der Waals surface area contributed by atoms with Gasteiger partial charge in [-0.05, 0) is 25.1 Å². The number of nitrogens with two attached hydrogens (primary N) is 1. The summed E-state index contributed by atoms with van der Waals surface area (Å²) in [6.45, 7) is 1.29. The van der Waals surface area contributed by atoms with E-state index in [0.717, 1.165) is 6.42 Å². The van der Waals surface area contributed by atoms with Crippen molar-refractivity contribution in [3.63, 3.8) is 0 Å². The van der Waals surface area contributed by atoms with Crippen LogP contribution in [0.1, 0.15) is 12.1 Å². The van der Waals surface area contributed by atoms with E-state index >= 15 is 0 Å². The van der Waals surface area contributed by atoms with Crippen LogP contribution in [0.3, 0.4) is 0 Å². The summed E-state index contributed by atoms with van der Waals surface area (Å²) >= 11 is 0. The van der Waals surface area contributed by atoms with Crippen LogP contribution in [-0.2, 0) is 23.1 Å². The van der Waals surface area contributed by atoms with Gasteiger partial charge in [-0.3, -0.25) is 9.67 Å². The molecule has 0 fully saturated rings. The van der Waals surface area contributed by atoms with Gasteiger partial charge >= 0.3 is 0 Å². The van der Waals surface area contributed by atoms with E-state index in [-0.39, 0.29) is 11.4 Å². The number of hydrogen-bond acceptors (Lipinski definition) is 5. The minimum Gasteiger partial charge on any atom is -0.330 e. The second kappa shape index (κ2) is 6.60. The van der Waals surface area contributed by atoms with Crippen molar-refractivity contribution in [3.8, 4) is 0 Å². The molecule has 0 aliphatic carbocycles. The molecule has 3 N–H and O–H groups in total. The minimum absolute atomic E-state index is 0.144. The van der Waals surface area contributed by atoms with Gasteiger partial charge in [-0.2, -0.15) is 5.10 Å². The summed E-state index contributed by atoms with van der Waals surface area (Å²) in [5.74, 6) is 0. The van der Waals surface area contributed by atoms with Crippen LogP contribution in [0.15, 0.2) is 41.7 Å². The third kappa shape index (κ3) is 3.86. The first-order valence-corrected chi connectivity index (χ1v) is 7.72. The molecule has 2 heterocycles. The van der Waals surface area contributed by atoms with Gasteiger partial charge in [0.05, 0.1) is 18.4 Å². The smallest absolute Gasteiger partial charge is 0.244 e. The molecule has 0 radical (unpaired) electrons. The van der Waals surface area contributed by atoms with E-state index in [4.69, 9.17) is 5.73 Å². The molecule has 0 spiro atoms. The van der Waals surface area contributed by atoms with Gasteiger partial charge < -0.3 is 5.73 Å². The van der Waals surface area contributed by atoms with Crippen LogP contribution < -0.4 is 10.5 Å². The quantitative estimate of drug-likeness (QED) is 0.754. The Morgan fingerprint density at radius 1 is 1.35 bits per heavy atom. The Hall–Kier alpha value is -1.77. The highest BCUT2D eigenvalue weighted by molar-refractivity contribution is 7.89. The molecule has 108 valence electrons. The highest BCUT2D eigenvalue weighted by Gasteiger charge is 2.16. The Bertz CT molecular complexity index is 639. The fourth-order valence-electron chi connectivity index (χ4n) is 1.61. The van der Waals surface area contributed by atoms with Crippen LogP contribution >= 0.6 is 0 Å². The van der Waals surface area contributed by atoms with Crippen LogP contribution in [0.2, 0.25) is 0 Å². The van der Waals surface area contributed by atoms with Crippen molar-refractivity contribution in [3.05, 3.63) is 42.5 Å². The molecule has 0 amide bonds. The van der Waals surface area contributed by atoms with E-state index in [2.05, 4.69) is 14.8 Å². The van der Waals surface area contributed by atoms with Gasteiger partial charge in [0, 0.05) is 18.9 Å². The van der Waals surface area contributed by atoms with Crippen LogP contribution in [0.25, 0.3) is 0 Å². The maximum absolute atomic E-state index is 12.1. The molecule has 0 aliphatic heterocycles. The zero-order chi connectivity index (χ0) is 14.4. The molecular formula is C12H17N5O2S. The predicted octanol–water partition coefficient (Wildman–Crippen LogP) is 0.105. The maximum atomic E-state index is 12.1. The van der Waals surface area contributed by atoms with Gasteiger partial charge in [-0.15, -0.1) is 0 Å². The van der Waals surface area contributed by atoms with Gasteiger partial charge in [0.2, 0.25) is 10.0 Å². The first-order chi connectivity index (χ1) is 9.62. The molecule has 0 bridgehead atoms. The number of nitrogens with zero attached hydrogens (tertiary/aromatic N) is 3. The number of nitrogens with one attached hydrogen (secondary N) is 1. The van der Waals surface area contributed by atoms with Crippen molar-refractivity contribution in [1.82, 2.24) is 19.5 Å². The average Bonchev–Trinajstić information content (AvgIpc) is 2.94. The van der Waals surface area contributed by atoms with Gasteiger partial charge in [0.25, 0.3) is 0 Å².